The van der Waals surface area contributed by atoms with Gasteiger partial charge >= 0.3 is 0 Å². The molecule has 0 saturated heterocycles. The summed E-state index contributed by atoms with van der Waals surface area (Å²) in [6.45, 7) is 1.56. The van der Waals surface area contributed by atoms with Crippen molar-refractivity contribution in [3.63, 3.8) is 0 Å². The van der Waals surface area contributed by atoms with Gasteiger partial charge in [-0.25, -0.2) is 4.39 Å². The van der Waals surface area contributed by atoms with Crippen LogP contribution in [0.15, 0.2) is 22.7 Å². The predicted molar refractivity (Wildman–Crippen MR) is 52.3 cm³/mol. The first-order valence-electron chi connectivity index (χ1n) is 3.99. The Labute approximate surface area is 85.2 Å². The molecule has 0 aliphatic heterocycles. The molecule has 0 fully saturated rings. The summed E-state index contributed by atoms with van der Waals surface area (Å²) in [5.41, 5.74) is 1.21. The number of aliphatic hydroxyl groups excluding tert-OH is 1. The summed E-state index contributed by atoms with van der Waals surface area (Å²) in [7, 11) is 1.48. The number of hydrogen-bond donors (Lipinski definition) is 1. The van der Waals surface area contributed by atoms with Crippen molar-refractivity contribution >= 4 is 15.9 Å². The van der Waals surface area contributed by atoms with Crippen molar-refractivity contribution < 1.29 is 14.2 Å². The molecule has 0 heterocycles. The van der Waals surface area contributed by atoms with Crippen LogP contribution in [0.25, 0.3) is 0 Å². The van der Waals surface area contributed by atoms with E-state index in [-0.39, 0.29) is 17.3 Å². The van der Waals surface area contributed by atoms with Crippen molar-refractivity contribution in [2.24, 2.45) is 0 Å². The van der Waals surface area contributed by atoms with Crippen LogP contribution in [0.5, 0.6) is 0 Å². The molecule has 0 bridgehead atoms. The lowest BCUT2D eigenvalue weighted by atomic mass is 9.97. The Bertz CT molecular complexity index is 271. The van der Waals surface area contributed by atoms with Crippen LogP contribution in [-0.4, -0.2) is 23.7 Å². The molecule has 2 nitrogen and oxygen atoms in total. The van der Waals surface area contributed by atoms with Gasteiger partial charge in [0.25, 0.3) is 0 Å². The summed E-state index contributed by atoms with van der Waals surface area (Å²) in [6, 6.07) is 0. The second-order valence-corrected chi connectivity index (χ2v) is 4.04. The standard InChI is InChI=1S/C9H12BrFO2/c1-5-8(11)7(10)3-6(4-12)9(5)13-2/h7,12H,3-4H2,1-2H3. The Kier molecular flexibility index (Phi) is 3.50. The van der Waals surface area contributed by atoms with Gasteiger partial charge in [0.15, 0.2) is 0 Å². The fraction of sp³-hybridized carbons (Fsp3) is 0.556. The summed E-state index contributed by atoms with van der Waals surface area (Å²) in [5, 5.41) is 9.01. The number of methoxy groups -OCH3 is 1. The van der Waals surface area contributed by atoms with Crippen LogP contribution in [0.2, 0.25) is 0 Å². The highest BCUT2D eigenvalue weighted by molar-refractivity contribution is 9.09. The number of aliphatic hydroxyl groups is 1. The highest BCUT2D eigenvalue weighted by atomic mass is 79.9. The van der Waals surface area contributed by atoms with E-state index in [9.17, 15) is 4.39 Å². The first-order valence-corrected chi connectivity index (χ1v) is 4.91. The maximum absolute atomic E-state index is 13.4. The zero-order chi connectivity index (χ0) is 10.0. The first-order chi connectivity index (χ1) is 6.11. The molecule has 0 amide bonds. The zero-order valence-electron chi connectivity index (χ0n) is 7.60. The summed E-state index contributed by atoms with van der Waals surface area (Å²) < 4.78 is 18.4. The average molecular weight is 251 g/mol. The van der Waals surface area contributed by atoms with E-state index in [0.29, 0.717) is 17.8 Å². The van der Waals surface area contributed by atoms with Gasteiger partial charge in [0.2, 0.25) is 0 Å². The summed E-state index contributed by atoms with van der Waals surface area (Å²) in [4.78, 5) is -0.325. The van der Waals surface area contributed by atoms with E-state index in [1.54, 1.807) is 6.92 Å². The Balaban J connectivity index is 3.09. The van der Waals surface area contributed by atoms with Crippen LogP contribution in [0.4, 0.5) is 4.39 Å². The van der Waals surface area contributed by atoms with E-state index >= 15 is 0 Å². The highest BCUT2D eigenvalue weighted by Gasteiger charge is 2.25. The Morgan fingerprint density at radius 3 is 2.77 bits per heavy atom. The number of alkyl halides is 1. The lowest BCUT2D eigenvalue weighted by Gasteiger charge is -2.22. The third kappa shape index (κ3) is 1.94. The van der Waals surface area contributed by atoms with Crippen molar-refractivity contribution in [3.05, 3.63) is 22.7 Å². The molecule has 1 rings (SSSR count). The zero-order valence-corrected chi connectivity index (χ0v) is 9.19. The molecule has 1 aliphatic rings. The van der Waals surface area contributed by atoms with Gasteiger partial charge in [-0.3, -0.25) is 0 Å². The molecule has 0 spiro atoms. The first kappa shape index (κ1) is 10.7. The number of ether oxygens (including phenoxy) is 1. The molecule has 1 unspecified atom stereocenters. The van der Waals surface area contributed by atoms with Crippen molar-refractivity contribution in [1.29, 1.82) is 0 Å². The number of allylic oxidation sites excluding steroid dienone is 2. The average Bonchev–Trinajstić information content (AvgIpc) is 2.13. The van der Waals surface area contributed by atoms with Gasteiger partial charge < -0.3 is 9.84 Å². The second kappa shape index (κ2) is 4.24. The van der Waals surface area contributed by atoms with Gasteiger partial charge in [-0.2, -0.15) is 0 Å². The van der Waals surface area contributed by atoms with Crippen LogP contribution in [0, 0.1) is 0 Å². The normalized spacial score (nSPS) is 23.9. The molecule has 4 heteroatoms. The molecule has 1 atom stereocenters. The minimum absolute atomic E-state index is 0.0874. The minimum atomic E-state index is -0.325. The van der Waals surface area contributed by atoms with Crippen LogP contribution in [0.3, 0.4) is 0 Å². The third-order valence-corrected chi connectivity index (χ3v) is 2.84. The lowest BCUT2D eigenvalue weighted by molar-refractivity contribution is 0.265. The van der Waals surface area contributed by atoms with Crippen molar-refractivity contribution in [3.8, 4) is 0 Å². The van der Waals surface area contributed by atoms with Crippen molar-refractivity contribution in [2.75, 3.05) is 13.7 Å². The quantitative estimate of drug-likeness (QED) is 0.763. The largest absolute Gasteiger partial charge is 0.496 e. The van der Waals surface area contributed by atoms with Gasteiger partial charge in [0, 0.05) is 5.57 Å². The van der Waals surface area contributed by atoms with Gasteiger partial charge in [0.05, 0.1) is 18.5 Å². The predicted octanol–water partition coefficient (Wildman–Crippen LogP) is 2.29. The molecule has 74 valence electrons. The molecule has 1 N–H and O–H groups in total. The molecular formula is C9H12BrFO2. The molecular weight excluding hydrogens is 239 g/mol. The molecule has 13 heavy (non-hydrogen) atoms. The Morgan fingerprint density at radius 1 is 1.69 bits per heavy atom. The highest BCUT2D eigenvalue weighted by Crippen LogP contribution is 2.34. The maximum atomic E-state index is 13.4. The van der Waals surface area contributed by atoms with Gasteiger partial charge in [0.1, 0.15) is 11.6 Å². The van der Waals surface area contributed by atoms with Crippen molar-refractivity contribution in [1.82, 2.24) is 0 Å². The molecule has 0 aromatic rings. The van der Waals surface area contributed by atoms with Crippen molar-refractivity contribution in [2.45, 2.75) is 18.2 Å². The Morgan fingerprint density at radius 2 is 2.31 bits per heavy atom. The van der Waals surface area contributed by atoms with E-state index in [1.807, 2.05) is 0 Å². The Hall–Kier alpha value is -0.350. The topological polar surface area (TPSA) is 29.5 Å². The lowest BCUT2D eigenvalue weighted by Crippen LogP contribution is -2.15. The SMILES string of the molecule is COC1=C(CO)CC(Br)C(F)=C1C. The minimum Gasteiger partial charge on any atom is -0.496 e. The number of hydrogen-bond acceptors (Lipinski definition) is 2. The van der Waals surface area contributed by atoms with Crippen LogP contribution < -0.4 is 0 Å². The summed E-state index contributed by atoms with van der Waals surface area (Å²) in [6.07, 6.45) is 0.461. The third-order valence-electron chi connectivity index (χ3n) is 2.12. The number of rotatable bonds is 2. The summed E-state index contributed by atoms with van der Waals surface area (Å²) >= 11 is 3.20. The van der Waals surface area contributed by atoms with E-state index in [1.165, 1.54) is 7.11 Å². The number of halogens is 2. The molecule has 1 aliphatic carbocycles. The fourth-order valence-corrected chi connectivity index (χ4v) is 2.18. The molecule has 0 aromatic carbocycles. The monoisotopic (exact) mass is 250 g/mol. The molecule has 0 saturated carbocycles. The summed E-state index contributed by atoms with van der Waals surface area (Å²) in [5.74, 6) is 0.268. The van der Waals surface area contributed by atoms with Gasteiger partial charge in [-0.1, -0.05) is 15.9 Å². The van der Waals surface area contributed by atoms with Gasteiger partial charge in [-0.15, -0.1) is 0 Å². The maximum Gasteiger partial charge on any atom is 0.125 e. The van der Waals surface area contributed by atoms with E-state index < -0.39 is 0 Å². The molecule has 0 aromatic heterocycles. The van der Waals surface area contributed by atoms with E-state index in [4.69, 9.17) is 9.84 Å². The van der Waals surface area contributed by atoms with Crippen LogP contribution in [0.1, 0.15) is 13.3 Å². The van der Waals surface area contributed by atoms with Crippen LogP contribution in [-0.2, 0) is 4.74 Å². The van der Waals surface area contributed by atoms with Crippen LogP contribution >= 0.6 is 15.9 Å². The van der Waals surface area contributed by atoms with E-state index in [2.05, 4.69) is 15.9 Å². The second-order valence-electron chi connectivity index (χ2n) is 2.94. The van der Waals surface area contributed by atoms with E-state index in [0.717, 1.165) is 5.57 Å². The van der Waals surface area contributed by atoms with Gasteiger partial charge in [-0.05, 0) is 18.9 Å². The smallest absolute Gasteiger partial charge is 0.125 e. The fourth-order valence-electron chi connectivity index (χ4n) is 1.44. The molecule has 0 radical (unpaired) electrons.